The van der Waals surface area contributed by atoms with Crippen LogP contribution in [0.3, 0.4) is 0 Å². The number of allylic oxidation sites excluding steroid dienone is 2. The van der Waals surface area contributed by atoms with Crippen molar-refractivity contribution in [1.29, 1.82) is 10.5 Å². The Kier molecular flexibility index (Phi) is 8.63. The Morgan fingerprint density at radius 2 is 1.76 bits per heavy atom. The number of thiophene rings is 1. The number of carbonyl (C=O) groups is 2. The largest absolute Gasteiger partial charge is 0.372 e. The van der Waals surface area contributed by atoms with E-state index in [4.69, 9.17) is 0 Å². The van der Waals surface area contributed by atoms with Gasteiger partial charge < -0.3 is 4.90 Å². The quantitative estimate of drug-likeness (QED) is 0.0850. The molecule has 1 aliphatic heterocycles. The third-order valence-corrected chi connectivity index (χ3v) is 8.60. The summed E-state index contributed by atoms with van der Waals surface area (Å²) in [5.41, 5.74) is 1.51. The number of fused-ring (bicyclic) bond motifs is 1. The molecule has 1 aliphatic rings. The molecule has 2 aromatic heterocycles. The zero-order chi connectivity index (χ0) is 29.6. The second-order valence-corrected chi connectivity index (χ2v) is 11.3. The van der Waals surface area contributed by atoms with Crippen molar-refractivity contribution in [3.63, 3.8) is 0 Å². The van der Waals surface area contributed by atoms with Gasteiger partial charge in [0.05, 0.1) is 16.0 Å². The van der Waals surface area contributed by atoms with E-state index < -0.39 is 17.3 Å². The van der Waals surface area contributed by atoms with Crippen molar-refractivity contribution in [2.75, 3.05) is 22.9 Å². The Balaban J connectivity index is 1.37. The number of nitriles is 2. The first-order valence-corrected chi connectivity index (χ1v) is 15.0. The molecule has 0 radical (unpaired) electrons. The fourth-order valence-corrected chi connectivity index (χ4v) is 6.49. The molecule has 11 heteroatoms. The molecule has 5 rings (SSSR count). The van der Waals surface area contributed by atoms with E-state index in [-0.39, 0.29) is 11.3 Å². The number of benzene rings is 2. The molecule has 0 atom stereocenters. The van der Waals surface area contributed by atoms with Gasteiger partial charge in [0.1, 0.15) is 22.7 Å². The van der Waals surface area contributed by atoms with Crippen molar-refractivity contribution >= 4 is 72.2 Å². The summed E-state index contributed by atoms with van der Waals surface area (Å²) < 4.78 is 0.842. The molecule has 0 aliphatic carbocycles. The van der Waals surface area contributed by atoms with E-state index in [9.17, 15) is 20.1 Å². The van der Waals surface area contributed by atoms with Gasteiger partial charge in [-0.3, -0.25) is 14.5 Å². The maximum atomic E-state index is 13.4. The first-order chi connectivity index (χ1) is 20.5. The summed E-state index contributed by atoms with van der Waals surface area (Å²) in [5.74, 6) is -1.26. The summed E-state index contributed by atoms with van der Waals surface area (Å²) in [6.07, 6.45) is 3.79. The second kappa shape index (κ2) is 12.7. The Hall–Kier alpha value is -4.97. The van der Waals surface area contributed by atoms with E-state index in [0.29, 0.717) is 20.5 Å². The second-order valence-electron chi connectivity index (χ2n) is 9.27. The van der Waals surface area contributed by atoms with Crippen LogP contribution in [0, 0.1) is 22.7 Å². The van der Waals surface area contributed by atoms with Crippen molar-refractivity contribution in [2.45, 2.75) is 26.7 Å². The summed E-state index contributed by atoms with van der Waals surface area (Å²) in [5, 5.41) is 28.0. The number of hydrogen-bond acceptors (Lipinski definition) is 10. The predicted molar refractivity (Wildman–Crippen MR) is 166 cm³/mol. The summed E-state index contributed by atoms with van der Waals surface area (Å²) in [6.45, 7) is 6.30. The van der Waals surface area contributed by atoms with Gasteiger partial charge in [-0.15, -0.1) is 21.6 Å². The Morgan fingerprint density at radius 3 is 2.40 bits per heavy atom. The fraction of sp³-hybridized carbons (Fsp3) is 0.194. The molecular formula is C31H25N7O2S2. The van der Waals surface area contributed by atoms with Crippen LogP contribution in [0.4, 0.5) is 22.2 Å². The molecule has 1 saturated heterocycles. The number of rotatable bonds is 9. The Bertz CT molecular complexity index is 1770. The van der Waals surface area contributed by atoms with Crippen molar-refractivity contribution < 1.29 is 9.59 Å². The zero-order valence-electron chi connectivity index (χ0n) is 22.9. The molecule has 3 heterocycles. The highest BCUT2D eigenvalue weighted by Crippen LogP contribution is 2.38. The van der Waals surface area contributed by atoms with Gasteiger partial charge in [0.2, 0.25) is 10.9 Å². The van der Waals surface area contributed by atoms with Crippen molar-refractivity contribution in [2.24, 2.45) is 10.2 Å². The van der Waals surface area contributed by atoms with Crippen LogP contribution in [0.1, 0.15) is 31.6 Å². The number of para-hydroxylation sites is 1. The number of Topliss-reactive ketones (excluding diaryl/α,β-unsaturated/α-hetero) is 1. The lowest BCUT2D eigenvalue weighted by molar-refractivity contribution is -0.115. The van der Waals surface area contributed by atoms with Crippen LogP contribution in [-0.2, 0) is 9.59 Å². The van der Waals surface area contributed by atoms with E-state index in [2.05, 4.69) is 46.1 Å². The number of ketones is 1. The maximum Gasteiger partial charge on any atom is 0.267 e. The molecule has 9 nitrogen and oxygen atoms in total. The van der Waals surface area contributed by atoms with E-state index in [1.54, 1.807) is 42.5 Å². The van der Waals surface area contributed by atoms with Gasteiger partial charge in [0.15, 0.2) is 5.57 Å². The lowest BCUT2D eigenvalue weighted by Crippen LogP contribution is -2.24. The van der Waals surface area contributed by atoms with Gasteiger partial charge in [0.25, 0.3) is 5.91 Å². The van der Waals surface area contributed by atoms with Gasteiger partial charge in [-0.2, -0.15) is 10.5 Å². The number of azo groups is 1. The molecule has 4 aromatic rings. The summed E-state index contributed by atoms with van der Waals surface area (Å²) >= 11 is 2.66. The molecule has 0 N–H and O–H groups in total. The number of nitrogens with zero attached hydrogens (tertiary/aromatic N) is 7. The van der Waals surface area contributed by atoms with Gasteiger partial charge in [-0.05, 0) is 61.9 Å². The van der Waals surface area contributed by atoms with E-state index in [0.717, 1.165) is 46.9 Å². The van der Waals surface area contributed by atoms with E-state index in [1.807, 2.05) is 18.2 Å². The lowest BCUT2D eigenvalue weighted by atomic mass is 10.1. The highest BCUT2D eigenvalue weighted by Gasteiger charge is 2.42. The minimum atomic E-state index is -0.667. The first kappa shape index (κ1) is 28.6. The highest BCUT2D eigenvalue weighted by molar-refractivity contribution is 7.29. The molecular weight excluding hydrogens is 567 g/mol. The molecule has 1 amide bonds. The van der Waals surface area contributed by atoms with Crippen LogP contribution >= 0.6 is 22.7 Å². The normalized spacial score (nSPS) is 14.2. The summed E-state index contributed by atoms with van der Waals surface area (Å²) in [6, 6.07) is 21.8. The molecule has 42 heavy (non-hydrogen) atoms. The third-order valence-electron chi connectivity index (χ3n) is 6.60. The standard InChI is InChI=1S/C31H25N7O2S2/c1-3-5-15-37(4-2)22-13-11-21(12-14-22)35-36-31-34-29-26(42-31)17-24(41-29)16-25-28(39)27(20(18-32)19-33)38(30(25)40)23-9-7-6-8-10-23/h6-14,16-17H,3-5,15H2,1-2H3/b25-16+,36-35?. The number of thiazole rings is 1. The zero-order valence-corrected chi connectivity index (χ0v) is 24.6. The average Bonchev–Trinajstić information content (AvgIpc) is 3.65. The minimum Gasteiger partial charge on any atom is -0.372 e. The fourth-order valence-electron chi connectivity index (χ4n) is 4.50. The monoisotopic (exact) mass is 591 g/mol. The number of amides is 1. The van der Waals surface area contributed by atoms with Crippen LogP contribution in [-0.4, -0.2) is 29.8 Å². The molecule has 1 fully saturated rings. The smallest absolute Gasteiger partial charge is 0.267 e. The molecule has 0 saturated carbocycles. The summed E-state index contributed by atoms with van der Waals surface area (Å²) in [7, 11) is 0. The molecule has 0 unspecified atom stereocenters. The molecule has 208 valence electrons. The van der Waals surface area contributed by atoms with Crippen LogP contribution in [0.25, 0.3) is 15.6 Å². The van der Waals surface area contributed by atoms with Crippen LogP contribution in [0.2, 0.25) is 0 Å². The van der Waals surface area contributed by atoms with Crippen molar-refractivity contribution in [3.8, 4) is 12.1 Å². The van der Waals surface area contributed by atoms with Gasteiger partial charge in [-0.1, -0.05) is 42.9 Å². The molecule has 2 aromatic carbocycles. The molecule has 0 spiro atoms. The number of anilines is 2. The van der Waals surface area contributed by atoms with Gasteiger partial charge in [0, 0.05) is 29.3 Å². The van der Waals surface area contributed by atoms with E-state index >= 15 is 0 Å². The summed E-state index contributed by atoms with van der Waals surface area (Å²) in [4.78, 5) is 36.0. The SMILES string of the molecule is CCCCN(CC)c1ccc(N=Nc2nc3sc(/C=C4\C(=O)C(=C(C#N)C#N)N(c5ccccc5)C4=O)cc3s2)cc1. The number of carbonyl (C=O) groups excluding carboxylic acids is 2. The number of hydrogen-bond donors (Lipinski definition) is 0. The van der Waals surface area contributed by atoms with Crippen molar-refractivity contribution in [3.05, 3.63) is 82.4 Å². The van der Waals surface area contributed by atoms with Crippen LogP contribution < -0.4 is 9.80 Å². The minimum absolute atomic E-state index is 0.120. The van der Waals surface area contributed by atoms with Gasteiger partial charge in [-0.25, -0.2) is 4.98 Å². The van der Waals surface area contributed by atoms with Crippen LogP contribution in [0.15, 0.2) is 87.7 Å². The third kappa shape index (κ3) is 5.75. The average molecular weight is 592 g/mol. The maximum absolute atomic E-state index is 13.4. The van der Waals surface area contributed by atoms with Crippen LogP contribution in [0.5, 0.6) is 0 Å². The Morgan fingerprint density at radius 1 is 1.02 bits per heavy atom. The van der Waals surface area contributed by atoms with Gasteiger partial charge >= 0.3 is 0 Å². The topological polar surface area (TPSA) is 126 Å². The Labute approximate surface area is 251 Å². The van der Waals surface area contributed by atoms with E-state index in [1.165, 1.54) is 28.7 Å². The predicted octanol–water partition coefficient (Wildman–Crippen LogP) is 7.70. The lowest BCUT2D eigenvalue weighted by Gasteiger charge is -2.22. The molecule has 0 bridgehead atoms. The van der Waals surface area contributed by atoms with Crippen molar-refractivity contribution in [1.82, 2.24) is 4.98 Å². The number of aromatic nitrogens is 1. The number of unbranched alkanes of at least 4 members (excludes halogenated alkanes) is 1. The highest BCUT2D eigenvalue weighted by atomic mass is 32.1. The first-order valence-electron chi connectivity index (χ1n) is 13.3.